The number of hydrogen-bond donors (Lipinski definition) is 0. The van der Waals surface area contributed by atoms with Crippen molar-refractivity contribution in [2.45, 2.75) is 13.0 Å². The van der Waals surface area contributed by atoms with Gasteiger partial charge in [-0.05, 0) is 6.92 Å². The van der Waals surface area contributed by atoms with Gasteiger partial charge in [-0.15, -0.1) is 0 Å². The van der Waals surface area contributed by atoms with Crippen molar-refractivity contribution in [3.8, 4) is 0 Å². The van der Waals surface area contributed by atoms with Crippen LogP contribution in [-0.2, 0) is 23.8 Å². The molecule has 0 unspecified atom stereocenters. The van der Waals surface area contributed by atoms with Crippen LogP contribution in [0.15, 0.2) is 0 Å². The number of esters is 1. The number of Topliss-reactive ketones (excluding diaryl/α,β-unsaturated/α-hetero) is 1. The van der Waals surface area contributed by atoms with Crippen LogP contribution in [0.25, 0.3) is 0 Å². The molecule has 0 aliphatic rings. The normalized spacial score (nSPS) is 12.2. The first-order valence-corrected chi connectivity index (χ1v) is 3.36. The van der Waals surface area contributed by atoms with Crippen molar-refractivity contribution in [1.82, 2.24) is 0 Å². The third-order valence-corrected chi connectivity index (χ3v) is 1.19. The van der Waals surface area contributed by atoms with Crippen LogP contribution in [-0.4, -0.2) is 38.9 Å². The van der Waals surface area contributed by atoms with Crippen molar-refractivity contribution in [3.63, 3.8) is 0 Å². The van der Waals surface area contributed by atoms with Crippen LogP contribution in [0.1, 0.15) is 6.92 Å². The van der Waals surface area contributed by atoms with E-state index >= 15 is 0 Å². The molecule has 5 nitrogen and oxygen atoms in total. The van der Waals surface area contributed by atoms with Gasteiger partial charge in [-0.2, -0.15) is 0 Å². The lowest BCUT2D eigenvalue weighted by molar-refractivity contribution is -0.160. The van der Waals surface area contributed by atoms with Crippen LogP contribution >= 0.6 is 0 Å². The van der Waals surface area contributed by atoms with Gasteiger partial charge in [0.25, 0.3) is 5.78 Å². The van der Waals surface area contributed by atoms with E-state index < -0.39 is 17.9 Å². The van der Waals surface area contributed by atoms with Gasteiger partial charge in [-0.3, -0.25) is 4.79 Å². The first kappa shape index (κ1) is 11.1. The fourth-order valence-corrected chi connectivity index (χ4v) is 0.512. The Kier molecular flexibility index (Phi) is 5.23. The van der Waals surface area contributed by atoms with E-state index in [1.807, 2.05) is 0 Å². The molecule has 0 rings (SSSR count). The predicted octanol–water partition coefficient (Wildman–Crippen LogP) is -0.262. The van der Waals surface area contributed by atoms with Crippen molar-refractivity contribution in [2.75, 3.05) is 21.0 Å². The largest absolute Gasteiger partial charge is 0.463 e. The van der Waals surface area contributed by atoms with Crippen molar-refractivity contribution in [2.24, 2.45) is 0 Å². The Bertz CT molecular complexity index is 165. The number of hydrogen-bond acceptors (Lipinski definition) is 5. The molecule has 0 aromatic rings. The molecule has 1 atom stereocenters. The third kappa shape index (κ3) is 3.45. The van der Waals surface area contributed by atoms with Crippen LogP contribution < -0.4 is 0 Å². The summed E-state index contributed by atoms with van der Waals surface area (Å²) in [6, 6.07) is 0. The van der Waals surface area contributed by atoms with E-state index in [0.717, 1.165) is 7.11 Å². The van der Waals surface area contributed by atoms with Crippen LogP contribution in [0.3, 0.4) is 0 Å². The van der Waals surface area contributed by atoms with E-state index in [4.69, 9.17) is 4.74 Å². The standard InChI is InChI=1S/C7H12O5/c1-5(12-4-10-2)6(8)7(9)11-3/h5H,4H2,1-3H3/t5-/m1/s1. The second-order valence-electron chi connectivity index (χ2n) is 2.07. The summed E-state index contributed by atoms with van der Waals surface area (Å²) in [6.07, 6.45) is -0.822. The summed E-state index contributed by atoms with van der Waals surface area (Å²) in [5.41, 5.74) is 0. The van der Waals surface area contributed by atoms with E-state index in [1.165, 1.54) is 14.0 Å². The van der Waals surface area contributed by atoms with Gasteiger partial charge in [0.15, 0.2) is 0 Å². The number of carbonyl (C=O) groups is 2. The van der Waals surface area contributed by atoms with E-state index in [0.29, 0.717) is 0 Å². The van der Waals surface area contributed by atoms with Gasteiger partial charge in [-0.1, -0.05) is 0 Å². The molecule has 0 spiro atoms. The van der Waals surface area contributed by atoms with Crippen LogP contribution in [0.2, 0.25) is 0 Å². The Morgan fingerprint density at radius 1 is 1.33 bits per heavy atom. The fourth-order valence-electron chi connectivity index (χ4n) is 0.512. The molecule has 0 aliphatic heterocycles. The average Bonchev–Trinajstić information content (AvgIpc) is 2.11. The smallest absolute Gasteiger partial charge is 0.377 e. The first-order chi connectivity index (χ1) is 5.63. The summed E-state index contributed by atoms with van der Waals surface area (Å²) in [5, 5.41) is 0. The molecule has 0 aliphatic carbocycles. The first-order valence-electron chi connectivity index (χ1n) is 3.36. The Hall–Kier alpha value is -0.940. The minimum atomic E-state index is -0.904. The van der Waals surface area contributed by atoms with E-state index in [-0.39, 0.29) is 6.79 Å². The SMILES string of the molecule is COCO[C@H](C)C(=O)C(=O)OC. The Morgan fingerprint density at radius 2 is 1.92 bits per heavy atom. The molecule has 0 saturated heterocycles. The molecule has 5 heteroatoms. The van der Waals surface area contributed by atoms with Gasteiger partial charge in [0, 0.05) is 7.11 Å². The lowest BCUT2D eigenvalue weighted by Crippen LogP contribution is -2.29. The van der Waals surface area contributed by atoms with Gasteiger partial charge < -0.3 is 14.2 Å². The Balaban J connectivity index is 3.84. The fraction of sp³-hybridized carbons (Fsp3) is 0.714. The molecule has 0 saturated carbocycles. The molecule has 0 radical (unpaired) electrons. The van der Waals surface area contributed by atoms with Gasteiger partial charge >= 0.3 is 5.97 Å². The van der Waals surface area contributed by atoms with Gasteiger partial charge in [0.1, 0.15) is 12.9 Å². The molecule has 0 aromatic heterocycles. The van der Waals surface area contributed by atoms with Crippen molar-refractivity contribution in [3.05, 3.63) is 0 Å². The maximum atomic E-state index is 10.9. The number of ether oxygens (including phenoxy) is 3. The van der Waals surface area contributed by atoms with Crippen LogP contribution in [0.5, 0.6) is 0 Å². The minimum Gasteiger partial charge on any atom is -0.463 e. The van der Waals surface area contributed by atoms with E-state index in [1.54, 1.807) is 0 Å². The molecule has 0 N–H and O–H groups in total. The highest BCUT2D eigenvalue weighted by Crippen LogP contribution is 1.94. The van der Waals surface area contributed by atoms with Crippen molar-refractivity contribution in [1.29, 1.82) is 0 Å². The minimum absolute atomic E-state index is 0.0239. The second kappa shape index (κ2) is 5.68. The third-order valence-electron chi connectivity index (χ3n) is 1.19. The Labute approximate surface area is 70.6 Å². The summed E-state index contributed by atoms with van der Waals surface area (Å²) < 4.78 is 13.6. The summed E-state index contributed by atoms with van der Waals surface area (Å²) in [6.45, 7) is 1.43. The van der Waals surface area contributed by atoms with Crippen molar-refractivity contribution >= 4 is 11.8 Å². The zero-order chi connectivity index (χ0) is 9.56. The molecule has 0 heterocycles. The summed E-state index contributed by atoms with van der Waals surface area (Å²) in [4.78, 5) is 21.5. The number of carbonyl (C=O) groups excluding carboxylic acids is 2. The highest BCUT2D eigenvalue weighted by Gasteiger charge is 2.22. The Morgan fingerprint density at radius 3 is 2.33 bits per heavy atom. The molecule has 12 heavy (non-hydrogen) atoms. The van der Waals surface area contributed by atoms with Crippen LogP contribution in [0, 0.1) is 0 Å². The molecule has 0 aromatic carbocycles. The maximum absolute atomic E-state index is 10.9. The summed E-state index contributed by atoms with van der Waals surface area (Å²) >= 11 is 0. The molecule has 0 fully saturated rings. The highest BCUT2D eigenvalue weighted by molar-refractivity contribution is 6.35. The number of methoxy groups -OCH3 is 2. The zero-order valence-electron chi connectivity index (χ0n) is 7.33. The maximum Gasteiger partial charge on any atom is 0.377 e. The summed E-state index contributed by atoms with van der Waals surface area (Å²) in [5.74, 6) is -1.62. The molecule has 0 amide bonds. The predicted molar refractivity (Wildman–Crippen MR) is 39.4 cm³/mol. The monoisotopic (exact) mass is 176 g/mol. The lowest BCUT2D eigenvalue weighted by Gasteiger charge is -2.08. The van der Waals surface area contributed by atoms with Crippen LogP contribution in [0.4, 0.5) is 0 Å². The molecular weight excluding hydrogens is 164 g/mol. The quantitative estimate of drug-likeness (QED) is 0.328. The van der Waals surface area contributed by atoms with Crippen molar-refractivity contribution < 1.29 is 23.8 Å². The topological polar surface area (TPSA) is 61.8 Å². The van der Waals surface area contributed by atoms with Gasteiger partial charge in [-0.25, -0.2) is 4.79 Å². The highest BCUT2D eigenvalue weighted by atomic mass is 16.7. The zero-order valence-corrected chi connectivity index (χ0v) is 7.33. The molecular formula is C7H12O5. The molecule has 0 bridgehead atoms. The van der Waals surface area contributed by atoms with Gasteiger partial charge in [0.2, 0.25) is 0 Å². The average molecular weight is 176 g/mol. The summed E-state index contributed by atoms with van der Waals surface area (Å²) in [7, 11) is 2.57. The second-order valence-corrected chi connectivity index (χ2v) is 2.07. The molecule has 70 valence electrons. The van der Waals surface area contributed by atoms with E-state index in [2.05, 4.69) is 9.47 Å². The number of ketones is 1. The lowest BCUT2D eigenvalue weighted by atomic mass is 10.2. The van der Waals surface area contributed by atoms with Gasteiger partial charge in [0.05, 0.1) is 7.11 Å². The van der Waals surface area contributed by atoms with E-state index in [9.17, 15) is 9.59 Å². The number of rotatable bonds is 5.